The molecular weight excluding hydrogens is 456 g/mol. The maximum Gasteiger partial charge on any atom is 0.243 e. The van der Waals surface area contributed by atoms with Crippen LogP contribution in [0.5, 0.6) is 0 Å². The van der Waals surface area contributed by atoms with Crippen molar-refractivity contribution >= 4 is 15.9 Å². The van der Waals surface area contributed by atoms with Gasteiger partial charge in [0.2, 0.25) is 15.9 Å². The lowest BCUT2D eigenvalue weighted by Crippen LogP contribution is -2.41. The fourth-order valence-corrected chi connectivity index (χ4v) is 5.70. The van der Waals surface area contributed by atoms with Crippen LogP contribution in [0.15, 0.2) is 89.8 Å². The highest BCUT2D eigenvalue weighted by Crippen LogP contribution is 2.21. The van der Waals surface area contributed by atoms with Crippen molar-refractivity contribution < 1.29 is 13.2 Å². The summed E-state index contributed by atoms with van der Waals surface area (Å²) in [6.45, 7) is 7.02. The third-order valence-corrected chi connectivity index (χ3v) is 8.37. The maximum atomic E-state index is 13.4. The van der Waals surface area contributed by atoms with Gasteiger partial charge < -0.3 is 4.90 Å². The quantitative estimate of drug-likeness (QED) is 0.338. The Bertz CT molecular complexity index is 1160. The molecule has 0 spiro atoms. The van der Waals surface area contributed by atoms with Crippen LogP contribution in [-0.4, -0.2) is 42.7 Å². The summed E-state index contributed by atoms with van der Waals surface area (Å²) in [5.41, 5.74) is 3.23. The Balaban J connectivity index is 1.76. The minimum Gasteiger partial charge on any atom is -0.338 e. The first kappa shape index (κ1) is 26.6. The predicted octanol–water partition coefficient (Wildman–Crippen LogP) is 5.45. The number of sulfonamides is 1. The number of aryl methyl sites for hydroxylation is 1. The van der Waals surface area contributed by atoms with Gasteiger partial charge >= 0.3 is 0 Å². The standard InChI is InChI=1S/C29H36N2O3S/c1-4-25(3)31(35(33,34)28-17-15-24(2)16-18-28)22-20-29(32)30(23-27-13-9-6-10-14-27)21-19-26-11-7-5-8-12-26/h5-18,25H,4,19-23H2,1-3H3. The zero-order chi connectivity index (χ0) is 25.3. The minimum atomic E-state index is -3.70. The third-order valence-electron chi connectivity index (χ3n) is 6.34. The molecule has 35 heavy (non-hydrogen) atoms. The molecule has 0 bridgehead atoms. The molecule has 0 aliphatic rings. The molecule has 1 amide bonds. The average molecular weight is 493 g/mol. The van der Waals surface area contributed by atoms with Crippen molar-refractivity contribution in [3.05, 3.63) is 102 Å². The van der Waals surface area contributed by atoms with Gasteiger partial charge in [0, 0.05) is 32.1 Å². The van der Waals surface area contributed by atoms with E-state index in [0.717, 1.165) is 17.5 Å². The van der Waals surface area contributed by atoms with E-state index >= 15 is 0 Å². The zero-order valence-corrected chi connectivity index (χ0v) is 21.7. The summed E-state index contributed by atoms with van der Waals surface area (Å²) in [7, 11) is -3.70. The third kappa shape index (κ3) is 7.51. The Hall–Kier alpha value is -2.96. The number of hydrogen-bond donors (Lipinski definition) is 0. The highest BCUT2D eigenvalue weighted by molar-refractivity contribution is 7.89. The average Bonchev–Trinajstić information content (AvgIpc) is 2.87. The summed E-state index contributed by atoms with van der Waals surface area (Å²) in [4.78, 5) is 15.5. The normalized spacial score (nSPS) is 12.5. The molecule has 0 aliphatic heterocycles. The number of hydrogen-bond acceptors (Lipinski definition) is 3. The molecular formula is C29H36N2O3S. The van der Waals surface area contributed by atoms with E-state index in [-0.39, 0.29) is 29.8 Å². The molecule has 0 radical (unpaired) electrons. The van der Waals surface area contributed by atoms with Gasteiger partial charge in [-0.2, -0.15) is 4.31 Å². The first-order valence-electron chi connectivity index (χ1n) is 12.3. The molecule has 3 aromatic rings. The lowest BCUT2D eigenvalue weighted by atomic mass is 10.1. The van der Waals surface area contributed by atoms with E-state index in [1.807, 2.05) is 74.2 Å². The van der Waals surface area contributed by atoms with Gasteiger partial charge in [0.25, 0.3) is 0 Å². The molecule has 5 nitrogen and oxygen atoms in total. The maximum absolute atomic E-state index is 13.4. The van der Waals surface area contributed by atoms with Crippen LogP contribution in [0.1, 0.15) is 43.4 Å². The number of benzene rings is 3. The fourth-order valence-electron chi connectivity index (χ4n) is 4.00. The summed E-state index contributed by atoms with van der Waals surface area (Å²) < 4.78 is 28.3. The van der Waals surface area contributed by atoms with E-state index in [1.165, 1.54) is 9.87 Å². The molecule has 0 aromatic heterocycles. The van der Waals surface area contributed by atoms with E-state index in [2.05, 4.69) is 12.1 Å². The number of nitrogens with zero attached hydrogens (tertiary/aromatic N) is 2. The Kier molecular flexibility index (Phi) is 9.64. The Morgan fingerprint density at radius 2 is 1.40 bits per heavy atom. The summed E-state index contributed by atoms with van der Waals surface area (Å²) in [6, 6.07) is 26.7. The molecule has 1 atom stereocenters. The molecule has 0 N–H and O–H groups in total. The van der Waals surface area contributed by atoms with Crippen LogP contribution in [0.3, 0.4) is 0 Å². The van der Waals surface area contributed by atoms with Gasteiger partial charge in [-0.1, -0.05) is 85.3 Å². The largest absolute Gasteiger partial charge is 0.338 e. The van der Waals surface area contributed by atoms with Crippen molar-refractivity contribution in [1.29, 1.82) is 0 Å². The molecule has 0 fully saturated rings. The van der Waals surface area contributed by atoms with E-state index in [0.29, 0.717) is 19.5 Å². The molecule has 1 unspecified atom stereocenters. The van der Waals surface area contributed by atoms with Crippen LogP contribution >= 0.6 is 0 Å². The van der Waals surface area contributed by atoms with E-state index in [1.54, 1.807) is 24.3 Å². The number of amides is 1. The van der Waals surface area contributed by atoms with Crippen molar-refractivity contribution in [3.63, 3.8) is 0 Å². The first-order valence-corrected chi connectivity index (χ1v) is 13.7. The van der Waals surface area contributed by atoms with E-state index in [9.17, 15) is 13.2 Å². The second kappa shape index (κ2) is 12.7. The van der Waals surface area contributed by atoms with Gasteiger partial charge in [0.05, 0.1) is 4.90 Å². The molecule has 6 heteroatoms. The number of carbonyl (C=O) groups excluding carboxylic acids is 1. The molecule has 3 rings (SSSR count). The van der Waals surface area contributed by atoms with Crippen LogP contribution in [0.4, 0.5) is 0 Å². The van der Waals surface area contributed by atoms with Crippen molar-refractivity contribution in [2.75, 3.05) is 13.1 Å². The van der Waals surface area contributed by atoms with Crippen LogP contribution in [0, 0.1) is 6.92 Å². The molecule has 0 saturated heterocycles. The Labute approximate surface area is 210 Å². The predicted molar refractivity (Wildman–Crippen MR) is 141 cm³/mol. The summed E-state index contributed by atoms with van der Waals surface area (Å²) >= 11 is 0. The molecule has 0 heterocycles. The molecule has 3 aromatic carbocycles. The number of rotatable bonds is 12. The first-order chi connectivity index (χ1) is 16.8. The molecule has 0 saturated carbocycles. The van der Waals surface area contributed by atoms with Crippen LogP contribution in [0.2, 0.25) is 0 Å². The van der Waals surface area contributed by atoms with Gasteiger partial charge in [-0.25, -0.2) is 8.42 Å². The van der Waals surface area contributed by atoms with E-state index in [4.69, 9.17) is 0 Å². The topological polar surface area (TPSA) is 57.7 Å². The monoisotopic (exact) mass is 492 g/mol. The van der Waals surface area contributed by atoms with Gasteiger partial charge in [-0.3, -0.25) is 4.79 Å². The van der Waals surface area contributed by atoms with Gasteiger partial charge in [-0.05, 0) is 49.9 Å². The highest BCUT2D eigenvalue weighted by atomic mass is 32.2. The number of carbonyl (C=O) groups is 1. The minimum absolute atomic E-state index is 0.0443. The summed E-state index contributed by atoms with van der Waals surface area (Å²) in [6.07, 6.45) is 1.55. The highest BCUT2D eigenvalue weighted by Gasteiger charge is 2.29. The fraction of sp³-hybridized carbons (Fsp3) is 0.345. The molecule has 0 aliphatic carbocycles. The summed E-state index contributed by atoms with van der Waals surface area (Å²) in [5.74, 6) is -0.0443. The van der Waals surface area contributed by atoms with Gasteiger partial charge in [0.1, 0.15) is 0 Å². The second-order valence-corrected chi connectivity index (χ2v) is 10.9. The van der Waals surface area contributed by atoms with E-state index < -0.39 is 10.0 Å². The lowest BCUT2D eigenvalue weighted by Gasteiger charge is -2.29. The Morgan fingerprint density at radius 1 is 0.829 bits per heavy atom. The zero-order valence-electron chi connectivity index (χ0n) is 20.9. The summed E-state index contributed by atoms with van der Waals surface area (Å²) in [5, 5.41) is 0. The van der Waals surface area contributed by atoms with Crippen LogP contribution in [0.25, 0.3) is 0 Å². The SMILES string of the molecule is CCC(C)N(CCC(=O)N(CCc1ccccc1)Cc1ccccc1)S(=O)(=O)c1ccc(C)cc1. The van der Waals surface area contributed by atoms with Crippen LogP contribution in [-0.2, 0) is 27.8 Å². The van der Waals surface area contributed by atoms with Crippen molar-refractivity contribution in [3.8, 4) is 0 Å². The van der Waals surface area contributed by atoms with Gasteiger partial charge in [0.15, 0.2) is 0 Å². The van der Waals surface area contributed by atoms with Crippen molar-refractivity contribution in [2.45, 2.75) is 57.5 Å². The van der Waals surface area contributed by atoms with Gasteiger partial charge in [-0.15, -0.1) is 0 Å². The second-order valence-electron chi connectivity index (χ2n) is 8.97. The smallest absolute Gasteiger partial charge is 0.243 e. The van der Waals surface area contributed by atoms with Crippen LogP contribution < -0.4 is 0 Å². The van der Waals surface area contributed by atoms with Crippen molar-refractivity contribution in [1.82, 2.24) is 9.21 Å². The Morgan fingerprint density at radius 3 is 1.97 bits per heavy atom. The lowest BCUT2D eigenvalue weighted by molar-refractivity contribution is -0.132. The molecule has 186 valence electrons. The van der Waals surface area contributed by atoms with Crippen molar-refractivity contribution in [2.24, 2.45) is 0 Å².